The Kier molecular flexibility index (Phi) is 11.1. The van der Waals surface area contributed by atoms with Crippen molar-refractivity contribution in [2.45, 2.75) is 75.5 Å². The highest BCUT2D eigenvalue weighted by atomic mass is 32.2. The van der Waals surface area contributed by atoms with Crippen molar-refractivity contribution in [1.29, 1.82) is 0 Å². The van der Waals surface area contributed by atoms with Gasteiger partial charge < -0.3 is 15.3 Å². The summed E-state index contributed by atoms with van der Waals surface area (Å²) in [6, 6.07) is 9.34. The van der Waals surface area contributed by atoms with Gasteiger partial charge >= 0.3 is 12.1 Å². The molecule has 0 bridgehead atoms. The van der Waals surface area contributed by atoms with E-state index in [0.717, 1.165) is 27.6 Å². The summed E-state index contributed by atoms with van der Waals surface area (Å²) < 4.78 is 67.1. The van der Waals surface area contributed by atoms with Crippen molar-refractivity contribution >= 4 is 27.8 Å². The first-order chi connectivity index (χ1) is 19.7. The topological polar surface area (TPSA) is 124 Å². The van der Waals surface area contributed by atoms with Gasteiger partial charge in [-0.25, -0.2) is 8.42 Å². The summed E-state index contributed by atoms with van der Waals surface area (Å²) in [5.74, 6) is -1.53. The number of amides is 2. The average molecular weight is 612 g/mol. The van der Waals surface area contributed by atoms with Crippen molar-refractivity contribution in [2.75, 3.05) is 19.6 Å². The van der Waals surface area contributed by atoms with Gasteiger partial charge in [0.1, 0.15) is 6.04 Å². The number of benzene rings is 2. The van der Waals surface area contributed by atoms with Crippen LogP contribution in [0.15, 0.2) is 53.4 Å². The Bertz CT molecular complexity index is 1350. The maximum Gasteiger partial charge on any atom is 0.416 e. The minimum Gasteiger partial charge on any atom is -0.481 e. The zero-order valence-electron chi connectivity index (χ0n) is 23.6. The molecule has 2 aromatic rings. The Morgan fingerprint density at radius 2 is 1.57 bits per heavy atom. The molecule has 0 spiro atoms. The number of sulfonamides is 1. The number of carboxylic acids is 1. The van der Waals surface area contributed by atoms with Crippen LogP contribution in [0, 0.1) is 0 Å². The lowest BCUT2D eigenvalue weighted by molar-refractivity contribution is -0.138. The highest BCUT2D eigenvalue weighted by molar-refractivity contribution is 7.89. The van der Waals surface area contributed by atoms with E-state index in [2.05, 4.69) is 19.2 Å². The monoisotopic (exact) mass is 611 g/mol. The van der Waals surface area contributed by atoms with Crippen molar-refractivity contribution in [2.24, 2.45) is 0 Å². The summed E-state index contributed by atoms with van der Waals surface area (Å²) in [5, 5.41) is 11.5. The SMILES string of the molecule is CC(C)c1ccc(CNC(=O)[C@H]2CN(C(=O)CCCCCC(=O)O)CCN2S(=O)(=O)c2ccc(C(F)(F)F)cc2)cc1. The van der Waals surface area contributed by atoms with Crippen LogP contribution in [0.2, 0.25) is 0 Å². The summed E-state index contributed by atoms with van der Waals surface area (Å²) in [6.45, 7) is 3.75. The molecule has 0 aliphatic carbocycles. The molecule has 230 valence electrons. The van der Waals surface area contributed by atoms with Gasteiger partial charge in [0.2, 0.25) is 21.8 Å². The normalized spacial score (nSPS) is 16.4. The molecule has 2 aromatic carbocycles. The van der Waals surface area contributed by atoms with Crippen LogP contribution in [0.25, 0.3) is 0 Å². The van der Waals surface area contributed by atoms with E-state index >= 15 is 0 Å². The number of nitrogens with one attached hydrogen (secondary N) is 1. The molecular weight excluding hydrogens is 575 g/mol. The van der Waals surface area contributed by atoms with E-state index in [-0.39, 0.29) is 44.9 Å². The number of alkyl halides is 3. The van der Waals surface area contributed by atoms with Crippen LogP contribution in [0.4, 0.5) is 13.2 Å². The number of rotatable bonds is 12. The van der Waals surface area contributed by atoms with E-state index in [1.807, 2.05) is 24.3 Å². The fraction of sp³-hybridized carbons (Fsp3) is 0.483. The number of carbonyl (C=O) groups is 3. The zero-order valence-corrected chi connectivity index (χ0v) is 24.4. The molecule has 3 rings (SSSR count). The van der Waals surface area contributed by atoms with Crippen LogP contribution in [-0.4, -0.2) is 66.2 Å². The third-order valence-corrected chi connectivity index (χ3v) is 9.09. The Hall–Kier alpha value is -3.45. The molecule has 0 aromatic heterocycles. The number of carboxylic acid groups (broad SMARTS) is 1. The standard InChI is InChI=1S/C29H36F3N3O6S/c1-20(2)22-10-8-21(9-11-22)18-33-28(39)25-19-34(26(36)6-4-3-5-7-27(37)38)16-17-35(25)42(40,41)24-14-12-23(13-15-24)29(30,31)32/h8-15,20,25H,3-7,16-19H2,1-2H3,(H,33,39)(H,37,38)/t25-/m1/s1. The third-order valence-electron chi connectivity index (χ3n) is 7.17. The molecule has 0 saturated carbocycles. The molecule has 1 heterocycles. The Balaban J connectivity index is 1.77. The fourth-order valence-corrected chi connectivity index (χ4v) is 6.23. The average Bonchev–Trinajstić information content (AvgIpc) is 2.95. The van der Waals surface area contributed by atoms with Crippen molar-refractivity contribution in [1.82, 2.24) is 14.5 Å². The van der Waals surface area contributed by atoms with Crippen LogP contribution in [0.5, 0.6) is 0 Å². The van der Waals surface area contributed by atoms with Crippen molar-refractivity contribution in [3.63, 3.8) is 0 Å². The maximum absolute atomic E-state index is 13.5. The zero-order chi connectivity index (χ0) is 31.1. The number of aliphatic carboxylic acids is 1. The fourth-order valence-electron chi connectivity index (χ4n) is 4.66. The Morgan fingerprint density at radius 3 is 2.14 bits per heavy atom. The van der Waals surface area contributed by atoms with Crippen molar-refractivity contribution in [3.8, 4) is 0 Å². The number of halogens is 3. The molecule has 1 saturated heterocycles. The summed E-state index contributed by atoms with van der Waals surface area (Å²) in [6.07, 6.45) is -3.14. The molecule has 2 N–H and O–H groups in total. The predicted octanol–water partition coefficient (Wildman–Crippen LogP) is 4.38. The highest BCUT2D eigenvalue weighted by Gasteiger charge is 2.41. The first kappa shape index (κ1) is 33.1. The van der Waals surface area contributed by atoms with E-state index < -0.39 is 44.6 Å². The molecule has 1 fully saturated rings. The van der Waals surface area contributed by atoms with E-state index in [1.54, 1.807) is 0 Å². The van der Waals surface area contributed by atoms with E-state index in [1.165, 1.54) is 4.90 Å². The largest absolute Gasteiger partial charge is 0.481 e. The van der Waals surface area contributed by atoms with Gasteiger partial charge in [-0.1, -0.05) is 44.5 Å². The van der Waals surface area contributed by atoms with Crippen molar-refractivity contribution in [3.05, 3.63) is 65.2 Å². The van der Waals surface area contributed by atoms with Crippen LogP contribution >= 0.6 is 0 Å². The molecular formula is C29H36F3N3O6S. The first-order valence-electron chi connectivity index (χ1n) is 13.8. The Labute approximate surface area is 243 Å². The van der Waals surface area contributed by atoms with Gasteiger partial charge in [0, 0.05) is 39.0 Å². The number of nitrogens with zero attached hydrogens (tertiary/aromatic N) is 2. The van der Waals surface area contributed by atoms with Gasteiger partial charge in [-0.15, -0.1) is 0 Å². The van der Waals surface area contributed by atoms with Gasteiger partial charge in [0.05, 0.1) is 10.5 Å². The molecule has 1 aliphatic rings. The van der Waals surface area contributed by atoms with E-state index in [4.69, 9.17) is 5.11 Å². The van der Waals surface area contributed by atoms with Crippen LogP contribution in [-0.2, 0) is 37.1 Å². The first-order valence-corrected chi connectivity index (χ1v) is 15.2. The summed E-state index contributed by atoms with van der Waals surface area (Å²) in [5.41, 5.74) is 0.899. The van der Waals surface area contributed by atoms with Gasteiger partial charge in [-0.2, -0.15) is 17.5 Å². The molecule has 1 atom stereocenters. The molecule has 9 nitrogen and oxygen atoms in total. The summed E-state index contributed by atoms with van der Waals surface area (Å²) >= 11 is 0. The van der Waals surface area contributed by atoms with E-state index in [0.29, 0.717) is 37.3 Å². The minimum atomic E-state index is -4.64. The van der Waals surface area contributed by atoms with Crippen molar-refractivity contribution < 1.29 is 41.1 Å². The lowest BCUT2D eigenvalue weighted by atomic mass is 10.0. The number of piperazine rings is 1. The lowest BCUT2D eigenvalue weighted by Gasteiger charge is -2.39. The van der Waals surface area contributed by atoms with Crippen LogP contribution in [0.1, 0.15) is 68.6 Å². The third kappa shape index (κ3) is 8.78. The van der Waals surface area contributed by atoms with Gasteiger partial charge in [-0.05, 0) is 54.2 Å². The Morgan fingerprint density at radius 1 is 0.952 bits per heavy atom. The second-order valence-corrected chi connectivity index (χ2v) is 12.5. The molecule has 0 radical (unpaired) electrons. The number of hydrogen-bond donors (Lipinski definition) is 2. The van der Waals surface area contributed by atoms with E-state index in [9.17, 15) is 36.0 Å². The van der Waals surface area contributed by atoms with Crippen LogP contribution in [0.3, 0.4) is 0 Å². The lowest BCUT2D eigenvalue weighted by Crippen LogP contribution is -2.61. The second-order valence-electron chi connectivity index (χ2n) is 10.6. The predicted molar refractivity (Wildman–Crippen MR) is 149 cm³/mol. The molecule has 13 heteroatoms. The quantitative estimate of drug-likeness (QED) is 0.344. The highest BCUT2D eigenvalue weighted by Crippen LogP contribution is 2.31. The molecule has 1 aliphatic heterocycles. The van der Waals surface area contributed by atoms with Gasteiger partial charge in [0.25, 0.3) is 0 Å². The number of unbranched alkanes of at least 4 members (excludes halogenated alkanes) is 2. The summed E-state index contributed by atoms with van der Waals surface area (Å²) in [7, 11) is -4.39. The smallest absolute Gasteiger partial charge is 0.416 e. The molecule has 42 heavy (non-hydrogen) atoms. The second kappa shape index (κ2) is 14.1. The molecule has 0 unspecified atom stereocenters. The maximum atomic E-state index is 13.5. The van der Waals surface area contributed by atoms with Crippen LogP contribution < -0.4 is 5.32 Å². The van der Waals surface area contributed by atoms with Gasteiger partial charge in [0.15, 0.2) is 0 Å². The van der Waals surface area contributed by atoms with Gasteiger partial charge in [-0.3, -0.25) is 14.4 Å². The number of hydrogen-bond acceptors (Lipinski definition) is 5. The number of carbonyl (C=O) groups excluding carboxylic acids is 2. The molecule has 2 amide bonds. The summed E-state index contributed by atoms with van der Waals surface area (Å²) in [4.78, 5) is 38.0. The minimum absolute atomic E-state index is 0.00286.